The lowest BCUT2D eigenvalue weighted by atomic mass is 10.2. The second-order valence-corrected chi connectivity index (χ2v) is 5.35. The molecule has 0 saturated heterocycles. The Morgan fingerprint density at radius 1 is 1.40 bits per heavy atom. The summed E-state index contributed by atoms with van der Waals surface area (Å²) >= 11 is 1.58. The number of nitrogens with zero attached hydrogens (tertiary/aromatic N) is 2. The number of thioether (sulfide) groups is 1. The SMILES string of the molecule is COC(=O)[C@@H](C)CSCc1noc(-c2ccccc2)n1. The molecule has 0 bridgehead atoms. The van der Waals surface area contributed by atoms with Crippen LogP contribution in [0, 0.1) is 5.92 Å². The molecule has 5 nitrogen and oxygen atoms in total. The summed E-state index contributed by atoms with van der Waals surface area (Å²) in [6, 6.07) is 9.62. The van der Waals surface area contributed by atoms with Crippen LogP contribution < -0.4 is 0 Å². The molecule has 0 unspecified atom stereocenters. The van der Waals surface area contributed by atoms with Crippen LogP contribution in [-0.4, -0.2) is 29.0 Å². The van der Waals surface area contributed by atoms with Crippen molar-refractivity contribution in [2.75, 3.05) is 12.9 Å². The summed E-state index contributed by atoms with van der Waals surface area (Å²) in [5.41, 5.74) is 0.902. The molecule has 0 aliphatic rings. The second-order valence-electron chi connectivity index (χ2n) is 4.32. The van der Waals surface area contributed by atoms with Gasteiger partial charge in [-0.1, -0.05) is 30.3 Å². The fraction of sp³-hybridized carbons (Fsp3) is 0.357. The average Bonchev–Trinajstić information content (AvgIpc) is 2.96. The van der Waals surface area contributed by atoms with Crippen molar-refractivity contribution in [2.45, 2.75) is 12.7 Å². The van der Waals surface area contributed by atoms with Gasteiger partial charge < -0.3 is 9.26 Å². The van der Waals surface area contributed by atoms with Crippen LogP contribution in [0.3, 0.4) is 0 Å². The van der Waals surface area contributed by atoms with Gasteiger partial charge in [-0.2, -0.15) is 16.7 Å². The molecule has 1 aromatic heterocycles. The predicted molar refractivity (Wildman–Crippen MR) is 77.1 cm³/mol. The third-order valence-electron chi connectivity index (χ3n) is 2.69. The normalized spacial score (nSPS) is 12.1. The Hall–Kier alpha value is -1.82. The van der Waals surface area contributed by atoms with E-state index in [2.05, 4.69) is 14.9 Å². The minimum absolute atomic E-state index is 0.134. The average molecular weight is 292 g/mol. The zero-order chi connectivity index (χ0) is 14.4. The molecular formula is C14H16N2O3S. The van der Waals surface area contributed by atoms with Crippen molar-refractivity contribution in [2.24, 2.45) is 5.92 Å². The van der Waals surface area contributed by atoms with Gasteiger partial charge >= 0.3 is 5.97 Å². The Morgan fingerprint density at radius 2 is 2.15 bits per heavy atom. The van der Waals surface area contributed by atoms with E-state index in [0.717, 1.165) is 5.56 Å². The van der Waals surface area contributed by atoms with Crippen LogP contribution in [0.4, 0.5) is 0 Å². The highest BCUT2D eigenvalue weighted by Crippen LogP contribution is 2.19. The van der Waals surface area contributed by atoms with Crippen molar-refractivity contribution < 1.29 is 14.1 Å². The summed E-state index contributed by atoms with van der Waals surface area (Å²) < 4.78 is 9.89. The zero-order valence-corrected chi connectivity index (χ0v) is 12.2. The largest absolute Gasteiger partial charge is 0.469 e. The zero-order valence-electron chi connectivity index (χ0n) is 11.4. The van der Waals surface area contributed by atoms with Gasteiger partial charge in [-0.25, -0.2) is 0 Å². The van der Waals surface area contributed by atoms with Crippen molar-refractivity contribution in [1.29, 1.82) is 0 Å². The molecule has 0 N–H and O–H groups in total. The predicted octanol–water partition coefficient (Wildman–Crippen LogP) is 2.78. The van der Waals surface area contributed by atoms with Crippen LogP contribution >= 0.6 is 11.8 Å². The van der Waals surface area contributed by atoms with E-state index in [0.29, 0.717) is 23.2 Å². The number of aromatic nitrogens is 2. The number of carbonyl (C=O) groups excluding carboxylic acids is 1. The van der Waals surface area contributed by atoms with E-state index < -0.39 is 0 Å². The van der Waals surface area contributed by atoms with Crippen molar-refractivity contribution in [3.63, 3.8) is 0 Å². The highest BCUT2D eigenvalue weighted by atomic mass is 32.2. The lowest BCUT2D eigenvalue weighted by Crippen LogP contribution is -2.14. The fourth-order valence-corrected chi connectivity index (χ4v) is 2.51. The first-order valence-corrected chi connectivity index (χ1v) is 7.39. The molecule has 2 rings (SSSR count). The lowest BCUT2D eigenvalue weighted by molar-refractivity contribution is -0.143. The van der Waals surface area contributed by atoms with Gasteiger partial charge in [0.2, 0.25) is 0 Å². The Morgan fingerprint density at radius 3 is 2.85 bits per heavy atom. The molecule has 20 heavy (non-hydrogen) atoms. The Labute approximate surface area is 121 Å². The quantitative estimate of drug-likeness (QED) is 0.763. The van der Waals surface area contributed by atoms with Crippen molar-refractivity contribution in [1.82, 2.24) is 10.1 Å². The van der Waals surface area contributed by atoms with Gasteiger partial charge in [0, 0.05) is 11.3 Å². The molecule has 0 radical (unpaired) electrons. The number of methoxy groups -OCH3 is 1. The van der Waals surface area contributed by atoms with E-state index in [1.165, 1.54) is 7.11 Å². The Kier molecular flexibility index (Phi) is 5.17. The summed E-state index contributed by atoms with van der Waals surface area (Å²) in [4.78, 5) is 15.6. The smallest absolute Gasteiger partial charge is 0.309 e. The van der Waals surface area contributed by atoms with Crippen LogP contribution in [0.15, 0.2) is 34.9 Å². The summed E-state index contributed by atoms with van der Waals surface area (Å²) in [7, 11) is 1.40. The number of rotatable bonds is 6. The molecule has 0 fully saturated rings. The molecule has 1 aromatic carbocycles. The van der Waals surface area contributed by atoms with E-state index in [1.54, 1.807) is 11.8 Å². The maximum absolute atomic E-state index is 11.3. The number of hydrogen-bond donors (Lipinski definition) is 0. The van der Waals surface area contributed by atoms with E-state index in [4.69, 9.17) is 4.52 Å². The molecular weight excluding hydrogens is 276 g/mol. The number of esters is 1. The monoisotopic (exact) mass is 292 g/mol. The summed E-state index contributed by atoms with van der Waals surface area (Å²) in [6.07, 6.45) is 0. The third-order valence-corrected chi connectivity index (χ3v) is 3.89. The van der Waals surface area contributed by atoms with Crippen LogP contribution in [0.25, 0.3) is 11.5 Å². The molecule has 106 valence electrons. The van der Waals surface area contributed by atoms with Gasteiger partial charge in [0.25, 0.3) is 5.89 Å². The first kappa shape index (κ1) is 14.6. The molecule has 1 atom stereocenters. The van der Waals surface area contributed by atoms with Crippen molar-refractivity contribution >= 4 is 17.7 Å². The summed E-state index contributed by atoms with van der Waals surface area (Å²) in [6.45, 7) is 1.84. The maximum Gasteiger partial charge on any atom is 0.309 e. The molecule has 6 heteroatoms. The lowest BCUT2D eigenvalue weighted by Gasteiger charge is -2.06. The van der Waals surface area contributed by atoms with Gasteiger partial charge in [0.05, 0.1) is 18.8 Å². The third kappa shape index (κ3) is 3.84. The van der Waals surface area contributed by atoms with Crippen molar-refractivity contribution in [3.05, 3.63) is 36.2 Å². The maximum atomic E-state index is 11.3. The van der Waals surface area contributed by atoms with Crippen LogP contribution in [0.2, 0.25) is 0 Å². The number of ether oxygens (including phenoxy) is 1. The van der Waals surface area contributed by atoms with E-state index in [1.807, 2.05) is 37.3 Å². The highest BCUT2D eigenvalue weighted by molar-refractivity contribution is 7.98. The topological polar surface area (TPSA) is 65.2 Å². The van der Waals surface area contributed by atoms with Gasteiger partial charge in [0.1, 0.15) is 0 Å². The first-order valence-electron chi connectivity index (χ1n) is 6.24. The van der Waals surface area contributed by atoms with Gasteiger partial charge in [0.15, 0.2) is 5.82 Å². The molecule has 0 spiro atoms. The standard InChI is InChI=1S/C14H16N2O3S/c1-10(14(17)18-2)8-20-9-12-15-13(19-16-12)11-6-4-3-5-7-11/h3-7,10H,8-9H2,1-2H3/t10-/m0/s1. The number of hydrogen-bond acceptors (Lipinski definition) is 6. The summed E-state index contributed by atoms with van der Waals surface area (Å²) in [5, 5.41) is 3.93. The van der Waals surface area contributed by atoms with E-state index in [9.17, 15) is 4.79 Å². The Balaban J connectivity index is 1.86. The molecule has 0 aliphatic carbocycles. The number of benzene rings is 1. The molecule has 0 saturated carbocycles. The molecule has 2 aromatic rings. The highest BCUT2D eigenvalue weighted by Gasteiger charge is 2.14. The minimum Gasteiger partial charge on any atom is -0.469 e. The first-order chi connectivity index (χ1) is 9.70. The van der Waals surface area contributed by atoms with Crippen LogP contribution in [0.5, 0.6) is 0 Å². The molecule has 0 aliphatic heterocycles. The molecule has 1 heterocycles. The van der Waals surface area contributed by atoms with E-state index in [-0.39, 0.29) is 11.9 Å². The van der Waals surface area contributed by atoms with Crippen molar-refractivity contribution in [3.8, 4) is 11.5 Å². The minimum atomic E-state index is -0.199. The van der Waals surface area contributed by atoms with E-state index >= 15 is 0 Å². The fourth-order valence-electron chi connectivity index (χ4n) is 1.61. The van der Waals surface area contributed by atoms with Gasteiger partial charge in [-0.3, -0.25) is 4.79 Å². The van der Waals surface area contributed by atoms with Crippen LogP contribution in [-0.2, 0) is 15.3 Å². The van der Waals surface area contributed by atoms with Gasteiger partial charge in [-0.05, 0) is 12.1 Å². The van der Waals surface area contributed by atoms with Crippen LogP contribution in [0.1, 0.15) is 12.7 Å². The molecule has 0 amide bonds. The summed E-state index contributed by atoms with van der Waals surface area (Å²) in [5.74, 6) is 2.09. The second kappa shape index (κ2) is 7.09. The van der Waals surface area contributed by atoms with Gasteiger partial charge in [-0.15, -0.1) is 0 Å². The Bertz CT molecular complexity index is 557. The number of carbonyl (C=O) groups is 1.